The summed E-state index contributed by atoms with van der Waals surface area (Å²) in [6, 6.07) is 2.27. The molecule has 0 aromatic heterocycles. The summed E-state index contributed by atoms with van der Waals surface area (Å²) in [4.78, 5) is -0.360. The number of nitrogens with zero attached hydrogens (tertiary/aromatic N) is 1. The van der Waals surface area contributed by atoms with E-state index in [4.69, 9.17) is 28.3 Å². The molecule has 0 aliphatic rings. The second kappa shape index (κ2) is 6.16. The minimum atomic E-state index is -3.94. The van der Waals surface area contributed by atoms with Gasteiger partial charge in [0.15, 0.2) is 5.82 Å². The third kappa shape index (κ3) is 2.95. The Hall–Kier alpha value is -0.400. The van der Waals surface area contributed by atoms with Crippen LogP contribution in [0.2, 0.25) is 10.0 Å². The predicted molar refractivity (Wildman–Crippen MR) is 67.9 cm³/mol. The predicted octanol–water partition coefficient (Wildman–Crippen LogP) is 2.14. The van der Waals surface area contributed by atoms with E-state index in [9.17, 15) is 12.8 Å². The first kappa shape index (κ1) is 15.7. The molecule has 1 aromatic carbocycles. The molecule has 0 spiro atoms. The van der Waals surface area contributed by atoms with Crippen molar-refractivity contribution in [1.29, 1.82) is 0 Å². The zero-order valence-electron chi connectivity index (χ0n) is 9.53. The Balaban J connectivity index is 3.32. The first-order valence-corrected chi connectivity index (χ1v) is 7.30. The van der Waals surface area contributed by atoms with Crippen molar-refractivity contribution >= 4 is 33.2 Å². The highest BCUT2D eigenvalue weighted by Crippen LogP contribution is 2.31. The average molecular weight is 316 g/mol. The number of sulfonamides is 1. The Morgan fingerprint density at radius 1 is 1.39 bits per heavy atom. The van der Waals surface area contributed by atoms with Gasteiger partial charge in [-0.3, -0.25) is 0 Å². The van der Waals surface area contributed by atoms with Crippen LogP contribution in [0.1, 0.15) is 6.92 Å². The van der Waals surface area contributed by atoms with Crippen LogP contribution in [-0.2, 0) is 10.0 Å². The summed E-state index contributed by atoms with van der Waals surface area (Å²) in [5.74, 6) is -0.973. The molecule has 4 nitrogen and oxygen atoms in total. The normalized spacial score (nSPS) is 12.1. The monoisotopic (exact) mass is 315 g/mol. The number of hydrogen-bond donors (Lipinski definition) is 1. The molecule has 1 rings (SSSR count). The molecule has 8 heteroatoms. The Morgan fingerprint density at radius 2 is 2.00 bits per heavy atom. The largest absolute Gasteiger partial charge is 0.395 e. The Bertz CT molecular complexity index is 536. The highest BCUT2D eigenvalue weighted by molar-refractivity contribution is 7.89. The molecule has 0 fully saturated rings. The number of hydrogen-bond acceptors (Lipinski definition) is 3. The van der Waals surface area contributed by atoms with Crippen molar-refractivity contribution < 1.29 is 17.9 Å². The van der Waals surface area contributed by atoms with E-state index in [2.05, 4.69) is 0 Å². The Morgan fingerprint density at radius 3 is 2.50 bits per heavy atom. The molecule has 0 aliphatic heterocycles. The fraction of sp³-hybridized carbons (Fsp3) is 0.400. The van der Waals surface area contributed by atoms with Gasteiger partial charge >= 0.3 is 0 Å². The van der Waals surface area contributed by atoms with E-state index in [0.717, 1.165) is 16.4 Å². The zero-order chi connectivity index (χ0) is 13.9. The van der Waals surface area contributed by atoms with Crippen LogP contribution in [0, 0.1) is 5.82 Å². The molecule has 18 heavy (non-hydrogen) atoms. The number of aliphatic hydroxyl groups excluding tert-OH is 1. The lowest BCUT2D eigenvalue weighted by Crippen LogP contribution is -2.33. The zero-order valence-corrected chi connectivity index (χ0v) is 11.9. The van der Waals surface area contributed by atoms with Gasteiger partial charge in [-0.15, -0.1) is 0 Å². The molecular formula is C10H12Cl2FNO3S. The van der Waals surface area contributed by atoms with Crippen LogP contribution in [0.4, 0.5) is 4.39 Å². The maximum absolute atomic E-state index is 13.5. The van der Waals surface area contributed by atoms with Crippen LogP contribution < -0.4 is 0 Å². The number of aliphatic hydroxyl groups is 1. The molecule has 0 atom stereocenters. The minimum Gasteiger partial charge on any atom is -0.395 e. The van der Waals surface area contributed by atoms with E-state index in [1.54, 1.807) is 6.92 Å². The summed E-state index contributed by atoms with van der Waals surface area (Å²) in [6.07, 6.45) is 0. The summed E-state index contributed by atoms with van der Waals surface area (Å²) in [5.41, 5.74) is 0. The molecule has 0 heterocycles. The van der Waals surface area contributed by atoms with Gasteiger partial charge in [-0.1, -0.05) is 30.1 Å². The van der Waals surface area contributed by atoms with Crippen LogP contribution in [0.3, 0.4) is 0 Å². The van der Waals surface area contributed by atoms with Crippen molar-refractivity contribution in [2.75, 3.05) is 19.7 Å². The number of rotatable bonds is 5. The molecule has 0 saturated carbocycles. The van der Waals surface area contributed by atoms with E-state index in [1.807, 2.05) is 0 Å². The van der Waals surface area contributed by atoms with Gasteiger partial charge in [0, 0.05) is 13.1 Å². The minimum absolute atomic E-state index is 0.0839. The van der Waals surface area contributed by atoms with E-state index in [1.165, 1.54) is 0 Å². The molecule has 0 unspecified atom stereocenters. The molecule has 0 bridgehead atoms. The summed E-state index contributed by atoms with van der Waals surface area (Å²) >= 11 is 11.2. The van der Waals surface area contributed by atoms with Gasteiger partial charge < -0.3 is 5.11 Å². The third-order valence-corrected chi connectivity index (χ3v) is 5.11. The van der Waals surface area contributed by atoms with Crippen molar-refractivity contribution in [3.8, 4) is 0 Å². The summed E-state index contributed by atoms with van der Waals surface area (Å²) in [5, 5.41) is 8.02. The summed E-state index contributed by atoms with van der Waals surface area (Å²) < 4.78 is 38.8. The Labute approximate surface area is 115 Å². The molecular weight excluding hydrogens is 304 g/mol. The molecule has 0 aliphatic carbocycles. The smallest absolute Gasteiger partial charge is 0.244 e. The van der Waals surface area contributed by atoms with Gasteiger partial charge in [0.1, 0.15) is 4.90 Å². The molecule has 0 radical (unpaired) electrons. The number of benzene rings is 1. The van der Waals surface area contributed by atoms with E-state index < -0.39 is 20.9 Å². The second-order valence-electron chi connectivity index (χ2n) is 3.39. The first-order valence-electron chi connectivity index (χ1n) is 5.10. The number of halogens is 3. The summed E-state index contributed by atoms with van der Waals surface area (Å²) in [6.45, 7) is 1.33. The molecule has 102 valence electrons. The van der Waals surface area contributed by atoms with Crippen LogP contribution in [0.15, 0.2) is 17.0 Å². The lowest BCUT2D eigenvalue weighted by molar-refractivity contribution is 0.257. The van der Waals surface area contributed by atoms with E-state index in [0.29, 0.717) is 0 Å². The van der Waals surface area contributed by atoms with E-state index >= 15 is 0 Å². The van der Waals surface area contributed by atoms with Crippen LogP contribution in [0.25, 0.3) is 0 Å². The van der Waals surface area contributed by atoms with Gasteiger partial charge in [0.2, 0.25) is 10.0 Å². The maximum Gasteiger partial charge on any atom is 0.244 e. The molecule has 0 saturated heterocycles. The van der Waals surface area contributed by atoms with Crippen molar-refractivity contribution in [1.82, 2.24) is 4.31 Å². The molecule has 1 aromatic rings. The van der Waals surface area contributed by atoms with Crippen molar-refractivity contribution in [2.45, 2.75) is 11.8 Å². The van der Waals surface area contributed by atoms with Gasteiger partial charge in [-0.2, -0.15) is 4.31 Å². The lowest BCUT2D eigenvalue weighted by Gasteiger charge is -2.20. The maximum atomic E-state index is 13.5. The molecule has 0 amide bonds. The topological polar surface area (TPSA) is 57.6 Å². The highest BCUT2D eigenvalue weighted by Gasteiger charge is 2.27. The SMILES string of the molecule is CCN(CCO)S(=O)(=O)c1ccc(Cl)c(F)c1Cl. The van der Waals surface area contributed by atoms with Crippen molar-refractivity contribution in [3.05, 3.63) is 28.0 Å². The third-order valence-electron chi connectivity index (χ3n) is 2.32. The summed E-state index contributed by atoms with van der Waals surface area (Å²) in [7, 11) is -3.94. The van der Waals surface area contributed by atoms with Crippen LogP contribution in [-0.4, -0.2) is 37.5 Å². The van der Waals surface area contributed by atoms with E-state index in [-0.39, 0.29) is 29.6 Å². The van der Waals surface area contributed by atoms with Gasteiger partial charge in [-0.05, 0) is 12.1 Å². The van der Waals surface area contributed by atoms with Crippen LogP contribution >= 0.6 is 23.2 Å². The standard InChI is InChI=1S/C10H12Cl2FNO3S/c1-2-14(5-6-15)18(16,17)8-4-3-7(11)10(13)9(8)12/h3-4,15H,2,5-6H2,1H3. The quantitative estimate of drug-likeness (QED) is 0.847. The van der Waals surface area contributed by atoms with Gasteiger partial charge in [0.05, 0.1) is 16.7 Å². The average Bonchev–Trinajstić information content (AvgIpc) is 2.32. The first-order chi connectivity index (χ1) is 8.36. The van der Waals surface area contributed by atoms with Gasteiger partial charge in [-0.25, -0.2) is 12.8 Å². The second-order valence-corrected chi connectivity index (χ2v) is 6.09. The highest BCUT2D eigenvalue weighted by atomic mass is 35.5. The molecule has 1 N–H and O–H groups in total. The van der Waals surface area contributed by atoms with Gasteiger partial charge in [0.25, 0.3) is 0 Å². The fourth-order valence-corrected chi connectivity index (χ4v) is 3.57. The van der Waals surface area contributed by atoms with Crippen molar-refractivity contribution in [2.24, 2.45) is 0 Å². The van der Waals surface area contributed by atoms with Crippen molar-refractivity contribution in [3.63, 3.8) is 0 Å². The lowest BCUT2D eigenvalue weighted by atomic mass is 10.3. The number of likely N-dealkylation sites (N-methyl/N-ethyl adjacent to an activating group) is 1. The Kier molecular flexibility index (Phi) is 5.36. The fourth-order valence-electron chi connectivity index (χ4n) is 1.41. The van der Waals surface area contributed by atoms with Crippen LogP contribution in [0.5, 0.6) is 0 Å².